The van der Waals surface area contributed by atoms with Gasteiger partial charge in [0.15, 0.2) is 11.0 Å². The van der Waals surface area contributed by atoms with Crippen molar-refractivity contribution in [3.8, 4) is 17.1 Å². The second kappa shape index (κ2) is 8.27. The van der Waals surface area contributed by atoms with Crippen molar-refractivity contribution < 1.29 is 4.79 Å². The van der Waals surface area contributed by atoms with Crippen LogP contribution in [0.15, 0.2) is 52.1 Å². The summed E-state index contributed by atoms with van der Waals surface area (Å²) >= 11 is 4.82. The summed E-state index contributed by atoms with van der Waals surface area (Å²) in [7, 11) is 0. The lowest BCUT2D eigenvalue weighted by Gasteiger charge is -2.14. The maximum Gasteiger partial charge on any atom is 0.231 e. The van der Waals surface area contributed by atoms with Crippen molar-refractivity contribution in [1.82, 2.24) is 14.8 Å². The lowest BCUT2D eigenvalue weighted by Crippen LogP contribution is -2.25. The van der Waals surface area contributed by atoms with E-state index in [1.807, 2.05) is 35.8 Å². The lowest BCUT2D eigenvalue weighted by molar-refractivity contribution is -0.117. The third-order valence-corrected chi connectivity index (χ3v) is 5.99. The molecule has 0 saturated heterocycles. The number of aromatic nitrogens is 3. The van der Waals surface area contributed by atoms with Gasteiger partial charge in [0.25, 0.3) is 0 Å². The fourth-order valence-electron chi connectivity index (χ4n) is 2.91. The maximum absolute atomic E-state index is 11.7. The topological polar surface area (TPSA) is 73.8 Å². The number of aryl methyl sites for hydroxylation is 2. The van der Waals surface area contributed by atoms with Crippen molar-refractivity contribution in [3.05, 3.63) is 58.1 Å². The molecule has 2 aromatic carbocycles. The minimum atomic E-state index is -0.350. The number of carbonyl (C=O) groups is 1. The highest BCUT2D eigenvalue weighted by molar-refractivity contribution is 9.10. The van der Waals surface area contributed by atoms with E-state index in [0.717, 1.165) is 32.7 Å². The van der Waals surface area contributed by atoms with Gasteiger partial charge in [-0.05, 0) is 55.7 Å². The molecule has 1 unspecified atom stereocenters. The smallest absolute Gasteiger partial charge is 0.231 e. The second-order valence-electron chi connectivity index (χ2n) is 6.41. The minimum Gasteiger partial charge on any atom is -0.369 e. The summed E-state index contributed by atoms with van der Waals surface area (Å²) in [6, 6.07) is 14.2. The van der Waals surface area contributed by atoms with Crippen LogP contribution >= 0.6 is 27.7 Å². The summed E-state index contributed by atoms with van der Waals surface area (Å²) in [4.78, 5) is 11.7. The third-order valence-electron chi connectivity index (χ3n) is 4.14. The van der Waals surface area contributed by atoms with Crippen molar-refractivity contribution in [2.75, 3.05) is 0 Å². The molecule has 3 aromatic rings. The number of hydrogen-bond acceptors (Lipinski definition) is 4. The van der Waals surface area contributed by atoms with E-state index >= 15 is 0 Å². The van der Waals surface area contributed by atoms with Crippen molar-refractivity contribution in [2.24, 2.45) is 5.73 Å². The molecular weight excluding hydrogens is 424 g/mol. The van der Waals surface area contributed by atoms with Gasteiger partial charge in [-0.25, -0.2) is 0 Å². The highest BCUT2D eigenvalue weighted by atomic mass is 79.9. The van der Waals surface area contributed by atoms with Gasteiger partial charge < -0.3 is 5.73 Å². The van der Waals surface area contributed by atoms with Crippen LogP contribution in [0.25, 0.3) is 17.1 Å². The Morgan fingerprint density at radius 1 is 1.15 bits per heavy atom. The van der Waals surface area contributed by atoms with Gasteiger partial charge in [0, 0.05) is 10.0 Å². The van der Waals surface area contributed by atoms with E-state index in [-0.39, 0.29) is 11.2 Å². The van der Waals surface area contributed by atoms with Crippen molar-refractivity contribution >= 4 is 33.6 Å². The number of hydrogen-bond donors (Lipinski definition) is 1. The Hall–Kier alpha value is -2.12. The molecule has 2 N–H and O–H groups in total. The van der Waals surface area contributed by atoms with E-state index in [4.69, 9.17) is 5.73 Å². The predicted molar refractivity (Wildman–Crippen MR) is 113 cm³/mol. The standard InChI is InChI=1S/C20H21BrN4OS/c1-4-17(18(22)26)27-20-24-23-19(14-5-7-15(21)8-6-14)25(20)16-10-12(2)9-13(3)11-16/h5-11,17H,4H2,1-3H3,(H2,22,26). The van der Waals surface area contributed by atoms with Gasteiger partial charge in [-0.3, -0.25) is 9.36 Å². The van der Waals surface area contributed by atoms with Gasteiger partial charge in [-0.1, -0.05) is 52.8 Å². The first kappa shape index (κ1) is 19.6. The number of nitrogens with two attached hydrogens (primary N) is 1. The van der Waals surface area contributed by atoms with E-state index in [2.05, 4.69) is 58.2 Å². The monoisotopic (exact) mass is 444 g/mol. The summed E-state index contributed by atoms with van der Waals surface area (Å²) in [6.07, 6.45) is 0.632. The molecule has 0 aliphatic heterocycles. The fraction of sp³-hybridized carbons (Fsp3) is 0.250. The molecule has 5 nitrogen and oxygen atoms in total. The molecule has 0 saturated carbocycles. The average Bonchev–Trinajstić information content (AvgIpc) is 3.02. The van der Waals surface area contributed by atoms with Crippen LogP contribution in [0.4, 0.5) is 0 Å². The van der Waals surface area contributed by atoms with Crippen LogP contribution < -0.4 is 5.73 Å². The molecular formula is C20H21BrN4OS. The third kappa shape index (κ3) is 4.42. The molecule has 0 fully saturated rings. The molecule has 0 aliphatic rings. The first-order valence-electron chi connectivity index (χ1n) is 8.65. The van der Waals surface area contributed by atoms with E-state index < -0.39 is 0 Å². The zero-order valence-corrected chi connectivity index (χ0v) is 17.8. The molecule has 1 atom stereocenters. The van der Waals surface area contributed by atoms with Gasteiger partial charge >= 0.3 is 0 Å². The van der Waals surface area contributed by atoms with Crippen molar-refractivity contribution in [1.29, 1.82) is 0 Å². The van der Waals surface area contributed by atoms with Crippen molar-refractivity contribution in [3.63, 3.8) is 0 Å². The predicted octanol–water partition coefficient (Wildman–Crippen LogP) is 4.67. The van der Waals surface area contributed by atoms with Gasteiger partial charge in [-0.2, -0.15) is 0 Å². The zero-order chi connectivity index (χ0) is 19.6. The zero-order valence-electron chi connectivity index (χ0n) is 15.4. The number of halogens is 1. The van der Waals surface area contributed by atoms with Crippen LogP contribution in [-0.2, 0) is 4.79 Å². The lowest BCUT2D eigenvalue weighted by atomic mass is 10.1. The van der Waals surface area contributed by atoms with E-state index in [1.165, 1.54) is 11.8 Å². The van der Waals surface area contributed by atoms with Crippen LogP contribution in [0.1, 0.15) is 24.5 Å². The molecule has 0 spiro atoms. The van der Waals surface area contributed by atoms with Gasteiger partial charge in [0.2, 0.25) is 5.91 Å². The summed E-state index contributed by atoms with van der Waals surface area (Å²) in [5, 5.41) is 9.11. The van der Waals surface area contributed by atoms with Crippen LogP contribution in [0.3, 0.4) is 0 Å². The number of rotatable bonds is 6. The van der Waals surface area contributed by atoms with Crippen LogP contribution in [0, 0.1) is 13.8 Å². The molecule has 1 heterocycles. The number of benzene rings is 2. The molecule has 1 aromatic heterocycles. The molecule has 0 radical (unpaired) electrons. The summed E-state index contributed by atoms with van der Waals surface area (Å²) in [5.74, 6) is 0.386. The molecule has 27 heavy (non-hydrogen) atoms. The van der Waals surface area contributed by atoms with Gasteiger partial charge in [-0.15, -0.1) is 10.2 Å². The molecule has 3 rings (SSSR count). The second-order valence-corrected chi connectivity index (χ2v) is 8.50. The minimum absolute atomic E-state index is 0.345. The van der Waals surface area contributed by atoms with Crippen LogP contribution in [-0.4, -0.2) is 25.9 Å². The molecule has 7 heteroatoms. The number of amides is 1. The molecule has 0 aliphatic carbocycles. The Bertz CT molecular complexity index is 948. The highest BCUT2D eigenvalue weighted by Crippen LogP contribution is 2.32. The van der Waals surface area contributed by atoms with Crippen molar-refractivity contribution in [2.45, 2.75) is 37.6 Å². The molecule has 140 valence electrons. The van der Waals surface area contributed by atoms with Gasteiger partial charge in [0.1, 0.15) is 0 Å². The Balaban J connectivity index is 2.17. The van der Waals surface area contributed by atoms with Gasteiger partial charge in [0.05, 0.1) is 10.9 Å². The maximum atomic E-state index is 11.7. The van der Waals surface area contributed by atoms with E-state index in [9.17, 15) is 4.79 Å². The van der Waals surface area contributed by atoms with E-state index in [0.29, 0.717) is 11.6 Å². The quantitative estimate of drug-likeness (QED) is 0.560. The number of thioether (sulfide) groups is 1. The Kier molecular flexibility index (Phi) is 6.01. The highest BCUT2D eigenvalue weighted by Gasteiger charge is 2.22. The Morgan fingerprint density at radius 3 is 2.33 bits per heavy atom. The normalized spacial score (nSPS) is 12.1. The van der Waals surface area contributed by atoms with Crippen LogP contribution in [0.2, 0.25) is 0 Å². The Morgan fingerprint density at radius 2 is 1.78 bits per heavy atom. The summed E-state index contributed by atoms with van der Waals surface area (Å²) in [6.45, 7) is 6.06. The summed E-state index contributed by atoms with van der Waals surface area (Å²) < 4.78 is 3.00. The SMILES string of the molecule is CCC(Sc1nnc(-c2ccc(Br)cc2)n1-c1cc(C)cc(C)c1)C(N)=O. The van der Waals surface area contributed by atoms with Crippen LogP contribution in [0.5, 0.6) is 0 Å². The Labute approximate surface area is 171 Å². The first-order valence-corrected chi connectivity index (χ1v) is 10.3. The fourth-order valence-corrected chi connectivity index (χ4v) is 4.10. The largest absolute Gasteiger partial charge is 0.369 e. The number of carbonyl (C=O) groups excluding carboxylic acids is 1. The first-order chi connectivity index (χ1) is 12.9. The number of nitrogens with zero attached hydrogens (tertiary/aromatic N) is 3. The molecule has 1 amide bonds. The number of primary amides is 1. The van der Waals surface area contributed by atoms with E-state index in [1.54, 1.807) is 0 Å². The average molecular weight is 445 g/mol. The summed E-state index contributed by atoms with van der Waals surface area (Å²) in [5.41, 5.74) is 9.76. The molecule has 0 bridgehead atoms.